The number of Topliss-reactive ketones (excluding diaryl/α,β-unsaturated/α-hetero) is 1. The van der Waals surface area contributed by atoms with Crippen LogP contribution in [-0.2, 0) is 5.72 Å². The van der Waals surface area contributed by atoms with E-state index in [0.29, 0.717) is 16.9 Å². The molecule has 3 atom stereocenters. The van der Waals surface area contributed by atoms with E-state index >= 15 is 0 Å². The molecule has 3 aromatic rings. The Bertz CT molecular complexity index is 1190. The molecular weight excluding hydrogens is 505 g/mol. The Morgan fingerprint density at radius 3 is 2.20 bits per heavy atom. The summed E-state index contributed by atoms with van der Waals surface area (Å²) in [6.45, 7) is 2.75. The van der Waals surface area contributed by atoms with Crippen molar-refractivity contribution in [1.29, 1.82) is 0 Å². The Morgan fingerprint density at radius 2 is 1.69 bits per heavy atom. The molecule has 6 nitrogen and oxygen atoms in total. The van der Waals surface area contributed by atoms with Gasteiger partial charge >= 0.3 is 176 Å². The molecule has 179 valence electrons. The van der Waals surface area contributed by atoms with E-state index in [1.54, 1.807) is 60.7 Å². The molecule has 1 radical (unpaired) electrons. The SMILES string of the molecule is C1CC[NH2+]CC1.[N-]=C=C1C([Se])=N[C@](O)(c2ccccc2)[C@@H](C(=O)c2ccccc2)[C@@H]1c1ccco1. The standard InChI is InChI=1S/C23H16N2O3Se.C5H11N/c24-14-17-19(18-12-7-13-28-18)20(21(26)15-8-3-1-4-9-15)23(27,25-22(17)29)16-10-5-2-6-11-16;1-2-4-6-5-3-1/h1-13,19-20,27H;6H,1-5H2/q-1;/p+1/t19-,20+,23-;/m0./s1. The Kier molecular flexibility index (Phi) is 8.29. The number of ketones is 1. The third-order valence-electron chi connectivity index (χ3n) is 6.41. The summed E-state index contributed by atoms with van der Waals surface area (Å²) >= 11 is 2.77. The van der Waals surface area contributed by atoms with Crippen molar-refractivity contribution in [2.75, 3.05) is 13.1 Å². The number of rotatable bonds is 4. The van der Waals surface area contributed by atoms with Gasteiger partial charge < -0.3 is 5.32 Å². The summed E-state index contributed by atoms with van der Waals surface area (Å²) in [6.07, 6.45) is 5.84. The van der Waals surface area contributed by atoms with Crippen molar-refractivity contribution in [2.45, 2.75) is 30.9 Å². The zero-order valence-electron chi connectivity index (χ0n) is 19.3. The number of carbonyl (C=O) groups is 1. The van der Waals surface area contributed by atoms with Gasteiger partial charge in [0.15, 0.2) is 0 Å². The van der Waals surface area contributed by atoms with E-state index in [9.17, 15) is 15.3 Å². The first-order valence-corrected chi connectivity index (χ1v) is 12.7. The van der Waals surface area contributed by atoms with E-state index in [-0.39, 0.29) is 16.0 Å². The van der Waals surface area contributed by atoms with Crippen molar-refractivity contribution < 1.29 is 19.6 Å². The molecule has 2 aliphatic rings. The first-order valence-electron chi connectivity index (χ1n) is 11.8. The summed E-state index contributed by atoms with van der Waals surface area (Å²) in [7, 11) is 0. The molecule has 1 fully saturated rings. The molecule has 3 N–H and O–H groups in total. The number of nitrogens with zero attached hydrogens (tertiary/aromatic N) is 2. The van der Waals surface area contributed by atoms with Gasteiger partial charge in [-0.15, -0.1) is 0 Å². The monoisotopic (exact) mass is 534 g/mol. The number of hydrogen-bond acceptors (Lipinski definition) is 4. The van der Waals surface area contributed by atoms with Crippen LogP contribution < -0.4 is 5.32 Å². The number of aliphatic hydroxyl groups is 1. The predicted molar refractivity (Wildman–Crippen MR) is 137 cm³/mol. The third-order valence-corrected chi connectivity index (χ3v) is 7.06. The maximum atomic E-state index is 13.7. The second kappa shape index (κ2) is 11.6. The molecule has 0 aliphatic carbocycles. The van der Waals surface area contributed by atoms with Crippen LogP contribution in [0.2, 0.25) is 0 Å². The van der Waals surface area contributed by atoms with Crippen LogP contribution in [0, 0.1) is 5.92 Å². The Balaban J connectivity index is 0.000000421. The molecule has 0 spiro atoms. The number of benzene rings is 2. The van der Waals surface area contributed by atoms with Crippen LogP contribution in [0.25, 0.3) is 5.41 Å². The first-order chi connectivity index (χ1) is 17.1. The molecule has 2 aromatic carbocycles. The van der Waals surface area contributed by atoms with Gasteiger partial charge in [0.1, 0.15) is 0 Å². The number of furan rings is 1. The van der Waals surface area contributed by atoms with Crippen LogP contribution >= 0.6 is 0 Å². The molecule has 0 saturated carbocycles. The third kappa shape index (κ3) is 5.46. The summed E-state index contributed by atoms with van der Waals surface area (Å²) < 4.78 is 5.86. The van der Waals surface area contributed by atoms with Crippen molar-refractivity contribution in [3.05, 3.63) is 107 Å². The molecule has 5 rings (SSSR count). The van der Waals surface area contributed by atoms with Crippen LogP contribution in [0.3, 0.4) is 0 Å². The van der Waals surface area contributed by atoms with Crippen LogP contribution in [-0.4, -0.2) is 50.5 Å². The van der Waals surface area contributed by atoms with Crippen LogP contribution in [0.15, 0.2) is 94.0 Å². The summed E-state index contributed by atoms with van der Waals surface area (Å²) in [4.78, 5) is 18.1. The van der Waals surface area contributed by atoms with E-state index in [1.165, 1.54) is 38.6 Å². The molecule has 0 unspecified atom stereocenters. The number of aliphatic imine (C=N–C) groups is 1. The summed E-state index contributed by atoms with van der Waals surface area (Å²) in [6, 6.07) is 20.9. The molecular formula is C28H28N3O3Se. The van der Waals surface area contributed by atoms with Gasteiger partial charge in [-0.3, -0.25) is 0 Å². The molecule has 1 aromatic heterocycles. The van der Waals surface area contributed by atoms with Crippen molar-refractivity contribution in [3.63, 3.8) is 0 Å². The molecule has 1 saturated heterocycles. The predicted octanol–water partition coefficient (Wildman–Crippen LogP) is 3.19. The van der Waals surface area contributed by atoms with E-state index in [0.717, 1.165) is 0 Å². The summed E-state index contributed by atoms with van der Waals surface area (Å²) in [5.41, 5.74) is -0.711. The molecule has 7 heteroatoms. The Morgan fingerprint density at radius 1 is 1.03 bits per heavy atom. The van der Waals surface area contributed by atoms with Gasteiger partial charge in [0.05, 0.1) is 13.1 Å². The molecule has 0 bridgehead atoms. The molecule has 0 amide bonds. The maximum absolute atomic E-state index is 13.7. The van der Waals surface area contributed by atoms with Gasteiger partial charge in [0.2, 0.25) is 0 Å². The van der Waals surface area contributed by atoms with Crippen LogP contribution in [0.5, 0.6) is 0 Å². The van der Waals surface area contributed by atoms with Crippen LogP contribution in [0.4, 0.5) is 0 Å². The van der Waals surface area contributed by atoms with Gasteiger partial charge in [-0.2, -0.15) is 0 Å². The van der Waals surface area contributed by atoms with Crippen molar-refractivity contribution in [2.24, 2.45) is 10.9 Å². The fraction of sp³-hybridized carbons (Fsp3) is 0.286. The van der Waals surface area contributed by atoms with Gasteiger partial charge in [-0.25, -0.2) is 0 Å². The molecule has 3 heterocycles. The zero-order chi connectivity index (χ0) is 24.7. The number of nitrogens with two attached hydrogens (primary N) is 1. The zero-order valence-corrected chi connectivity index (χ0v) is 21.1. The quantitative estimate of drug-likeness (QED) is 0.306. The topological polar surface area (TPSA) is 102 Å². The summed E-state index contributed by atoms with van der Waals surface area (Å²) in [5, 5.41) is 24.0. The fourth-order valence-electron chi connectivity index (χ4n) is 4.65. The Hall–Kier alpha value is -3.05. The minimum atomic E-state index is -1.87. The normalized spacial score (nSPS) is 23.9. The van der Waals surface area contributed by atoms with Gasteiger partial charge in [-0.1, -0.05) is 0 Å². The van der Waals surface area contributed by atoms with Crippen molar-refractivity contribution in [3.8, 4) is 0 Å². The number of carbonyl (C=O) groups excluding carboxylic acids is 1. The second-order valence-electron chi connectivity index (χ2n) is 8.66. The first kappa shape index (κ1) is 25.1. The number of allylic oxidation sites excluding steroid dienone is 1. The number of quaternary nitrogens is 1. The van der Waals surface area contributed by atoms with Crippen LogP contribution in [0.1, 0.15) is 46.9 Å². The van der Waals surface area contributed by atoms with Crippen molar-refractivity contribution >= 4 is 32.3 Å². The van der Waals surface area contributed by atoms with E-state index in [1.807, 2.05) is 12.1 Å². The summed E-state index contributed by atoms with van der Waals surface area (Å²) in [5.74, 6) is 0.387. The molecule has 35 heavy (non-hydrogen) atoms. The van der Waals surface area contributed by atoms with Crippen molar-refractivity contribution in [1.82, 2.24) is 0 Å². The van der Waals surface area contributed by atoms with E-state index in [4.69, 9.17) is 4.42 Å². The average molecular weight is 534 g/mol. The average Bonchev–Trinajstić information content (AvgIpc) is 3.45. The van der Waals surface area contributed by atoms with E-state index in [2.05, 4.69) is 32.2 Å². The fourth-order valence-corrected chi connectivity index (χ4v) is 5.31. The second-order valence-corrected chi connectivity index (χ2v) is 9.47. The minimum absolute atomic E-state index is 0.259. The number of hydrogen-bond donors (Lipinski definition) is 2. The van der Waals surface area contributed by atoms with Gasteiger partial charge in [0.25, 0.3) is 0 Å². The van der Waals surface area contributed by atoms with Gasteiger partial charge in [-0.05, 0) is 19.3 Å². The Labute approximate surface area is 213 Å². The van der Waals surface area contributed by atoms with Gasteiger partial charge in [0, 0.05) is 0 Å². The number of piperidine rings is 1. The molecule has 2 aliphatic heterocycles. The van der Waals surface area contributed by atoms with E-state index < -0.39 is 17.6 Å².